The molecule has 1 amide bonds. The minimum absolute atomic E-state index is 0.337. The zero-order valence-electron chi connectivity index (χ0n) is 7.09. The smallest absolute Gasteiger partial charge is 0.407 e. The summed E-state index contributed by atoms with van der Waals surface area (Å²) in [4.78, 5) is 11.9. The molecule has 0 aliphatic heterocycles. The Morgan fingerprint density at radius 2 is 2.00 bits per heavy atom. The van der Waals surface area contributed by atoms with Gasteiger partial charge in [0.2, 0.25) is 0 Å². The van der Waals surface area contributed by atoms with E-state index >= 15 is 0 Å². The third kappa shape index (κ3) is 3.46. The van der Waals surface area contributed by atoms with Gasteiger partial charge in [0.1, 0.15) is 0 Å². The summed E-state index contributed by atoms with van der Waals surface area (Å²) in [6.45, 7) is 5.90. The predicted molar refractivity (Wildman–Crippen MR) is 45.2 cm³/mol. The van der Waals surface area contributed by atoms with E-state index in [4.69, 9.17) is 16.7 Å². The van der Waals surface area contributed by atoms with Crippen LogP contribution in [-0.2, 0) is 0 Å². The number of carboxylic acid groups (broad SMARTS) is 1. The number of amides is 1. The van der Waals surface area contributed by atoms with Crippen molar-refractivity contribution >= 4 is 17.7 Å². The summed E-state index contributed by atoms with van der Waals surface area (Å²) in [6, 6.07) is 0. The molecule has 4 heteroatoms. The Bertz CT molecular complexity index is 142. The SMILES string of the molecule is CC(C)(C)N(CCCl)C(=O)O. The van der Waals surface area contributed by atoms with Crippen LogP contribution in [0.1, 0.15) is 20.8 Å². The van der Waals surface area contributed by atoms with E-state index < -0.39 is 6.09 Å². The maximum Gasteiger partial charge on any atom is 0.407 e. The van der Waals surface area contributed by atoms with Crippen LogP contribution in [0, 0.1) is 0 Å². The van der Waals surface area contributed by atoms with E-state index in [2.05, 4.69) is 0 Å². The molecule has 0 unspecified atom stereocenters. The molecule has 0 fully saturated rings. The minimum Gasteiger partial charge on any atom is -0.465 e. The molecule has 66 valence electrons. The Kier molecular flexibility index (Phi) is 3.66. The van der Waals surface area contributed by atoms with Crippen LogP contribution in [0.25, 0.3) is 0 Å². The minimum atomic E-state index is -0.918. The molecule has 0 atom stereocenters. The fourth-order valence-corrected chi connectivity index (χ4v) is 0.972. The first-order chi connectivity index (χ1) is 4.89. The second kappa shape index (κ2) is 3.81. The number of nitrogens with zero attached hydrogens (tertiary/aromatic N) is 1. The highest BCUT2D eigenvalue weighted by Crippen LogP contribution is 2.12. The Labute approximate surface area is 71.9 Å². The van der Waals surface area contributed by atoms with Crippen molar-refractivity contribution in [3.8, 4) is 0 Å². The molecule has 0 aromatic carbocycles. The van der Waals surface area contributed by atoms with Crippen molar-refractivity contribution < 1.29 is 9.90 Å². The van der Waals surface area contributed by atoms with Crippen LogP contribution in [0.15, 0.2) is 0 Å². The quantitative estimate of drug-likeness (QED) is 0.659. The van der Waals surface area contributed by atoms with Crippen molar-refractivity contribution in [1.82, 2.24) is 4.90 Å². The molecule has 0 rings (SSSR count). The van der Waals surface area contributed by atoms with E-state index in [0.717, 1.165) is 0 Å². The van der Waals surface area contributed by atoms with Crippen LogP contribution in [0.2, 0.25) is 0 Å². The monoisotopic (exact) mass is 179 g/mol. The van der Waals surface area contributed by atoms with Gasteiger partial charge < -0.3 is 10.0 Å². The molecule has 0 aromatic heterocycles. The van der Waals surface area contributed by atoms with Crippen molar-refractivity contribution in [1.29, 1.82) is 0 Å². The van der Waals surface area contributed by atoms with E-state index in [1.807, 2.05) is 20.8 Å². The number of alkyl halides is 1. The highest BCUT2D eigenvalue weighted by Gasteiger charge is 2.24. The lowest BCUT2D eigenvalue weighted by molar-refractivity contribution is 0.105. The fourth-order valence-electron chi connectivity index (χ4n) is 0.802. The maximum absolute atomic E-state index is 10.6. The topological polar surface area (TPSA) is 40.5 Å². The zero-order chi connectivity index (χ0) is 9.07. The Balaban J connectivity index is 4.22. The highest BCUT2D eigenvalue weighted by atomic mass is 35.5. The van der Waals surface area contributed by atoms with Gasteiger partial charge in [-0.1, -0.05) is 0 Å². The number of carbonyl (C=O) groups is 1. The van der Waals surface area contributed by atoms with E-state index in [1.165, 1.54) is 4.90 Å². The summed E-state index contributed by atoms with van der Waals surface area (Å²) in [7, 11) is 0. The normalized spacial score (nSPS) is 11.3. The first-order valence-electron chi connectivity index (χ1n) is 3.46. The van der Waals surface area contributed by atoms with Gasteiger partial charge in [0.15, 0.2) is 0 Å². The van der Waals surface area contributed by atoms with Crippen LogP contribution in [0.3, 0.4) is 0 Å². The Morgan fingerprint density at radius 1 is 1.55 bits per heavy atom. The average Bonchev–Trinajstić information content (AvgIpc) is 1.79. The maximum atomic E-state index is 10.6. The van der Waals surface area contributed by atoms with Crippen LogP contribution in [0.4, 0.5) is 4.79 Å². The second-order valence-corrected chi connectivity index (χ2v) is 3.67. The molecule has 3 nitrogen and oxygen atoms in total. The van der Waals surface area contributed by atoms with E-state index in [1.54, 1.807) is 0 Å². The molecule has 0 radical (unpaired) electrons. The summed E-state index contributed by atoms with van der Waals surface area (Å²) < 4.78 is 0. The number of hydrogen-bond acceptors (Lipinski definition) is 1. The van der Waals surface area contributed by atoms with Gasteiger partial charge in [0.25, 0.3) is 0 Å². The third-order valence-electron chi connectivity index (χ3n) is 1.35. The number of rotatable bonds is 2. The highest BCUT2D eigenvalue weighted by molar-refractivity contribution is 6.18. The lowest BCUT2D eigenvalue weighted by Crippen LogP contribution is -2.45. The Hall–Kier alpha value is -0.440. The molecule has 0 aromatic rings. The van der Waals surface area contributed by atoms with Crippen molar-refractivity contribution in [2.24, 2.45) is 0 Å². The second-order valence-electron chi connectivity index (χ2n) is 3.29. The van der Waals surface area contributed by atoms with Gasteiger partial charge in [0, 0.05) is 18.0 Å². The lowest BCUT2D eigenvalue weighted by atomic mass is 10.1. The average molecular weight is 180 g/mol. The molecule has 0 saturated heterocycles. The lowest BCUT2D eigenvalue weighted by Gasteiger charge is -2.32. The first-order valence-corrected chi connectivity index (χ1v) is 3.99. The van der Waals surface area contributed by atoms with Crippen molar-refractivity contribution in [3.05, 3.63) is 0 Å². The summed E-state index contributed by atoms with van der Waals surface area (Å²) in [5.74, 6) is 0.337. The summed E-state index contributed by atoms with van der Waals surface area (Å²) in [6.07, 6.45) is -0.918. The standard InChI is InChI=1S/C7H14ClNO2/c1-7(2,3)9(5-4-8)6(10)11/h4-5H2,1-3H3,(H,10,11). The van der Waals surface area contributed by atoms with Crippen molar-refractivity contribution in [3.63, 3.8) is 0 Å². The number of hydrogen-bond donors (Lipinski definition) is 1. The summed E-state index contributed by atoms with van der Waals surface area (Å²) >= 11 is 5.44. The van der Waals surface area contributed by atoms with Crippen LogP contribution < -0.4 is 0 Å². The number of halogens is 1. The third-order valence-corrected chi connectivity index (χ3v) is 1.52. The molecular formula is C7H14ClNO2. The first kappa shape index (κ1) is 10.6. The van der Waals surface area contributed by atoms with Gasteiger partial charge in [-0.2, -0.15) is 0 Å². The fraction of sp³-hybridized carbons (Fsp3) is 0.857. The molecule has 1 N–H and O–H groups in total. The molecule has 0 aliphatic rings. The van der Waals surface area contributed by atoms with E-state index in [-0.39, 0.29) is 5.54 Å². The van der Waals surface area contributed by atoms with Gasteiger partial charge in [-0.25, -0.2) is 4.79 Å². The van der Waals surface area contributed by atoms with Crippen LogP contribution in [0.5, 0.6) is 0 Å². The van der Waals surface area contributed by atoms with Gasteiger partial charge in [-0.05, 0) is 20.8 Å². The van der Waals surface area contributed by atoms with E-state index in [0.29, 0.717) is 12.4 Å². The van der Waals surface area contributed by atoms with E-state index in [9.17, 15) is 4.79 Å². The summed E-state index contributed by atoms with van der Waals surface area (Å²) in [5, 5.41) is 8.71. The summed E-state index contributed by atoms with van der Waals surface area (Å²) in [5.41, 5.74) is -0.360. The van der Waals surface area contributed by atoms with Gasteiger partial charge >= 0.3 is 6.09 Å². The zero-order valence-corrected chi connectivity index (χ0v) is 7.85. The molecular weight excluding hydrogens is 166 g/mol. The van der Waals surface area contributed by atoms with Crippen LogP contribution in [-0.4, -0.2) is 34.1 Å². The van der Waals surface area contributed by atoms with Crippen molar-refractivity contribution in [2.45, 2.75) is 26.3 Å². The van der Waals surface area contributed by atoms with Gasteiger partial charge in [-0.15, -0.1) is 11.6 Å². The molecule has 0 spiro atoms. The molecule has 0 saturated carbocycles. The predicted octanol–water partition coefficient (Wildman–Crippen LogP) is 2.00. The Morgan fingerprint density at radius 3 is 2.09 bits per heavy atom. The molecule has 0 heterocycles. The van der Waals surface area contributed by atoms with Crippen LogP contribution >= 0.6 is 11.6 Å². The molecule has 0 bridgehead atoms. The van der Waals surface area contributed by atoms with Gasteiger partial charge in [-0.3, -0.25) is 0 Å². The largest absolute Gasteiger partial charge is 0.465 e. The molecule has 11 heavy (non-hydrogen) atoms. The van der Waals surface area contributed by atoms with Gasteiger partial charge in [0.05, 0.1) is 0 Å². The molecule has 0 aliphatic carbocycles. The van der Waals surface area contributed by atoms with Crippen molar-refractivity contribution in [2.75, 3.05) is 12.4 Å².